The van der Waals surface area contributed by atoms with Gasteiger partial charge in [0.25, 0.3) is 5.91 Å². The summed E-state index contributed by atoms with van der Waals surface area (Å²) in [5, 5.41) is 47.1. The SMILES string of the molecule is O=C(CCNC(=O)c1cccc(O)c1)NC1COC(CO)[C@H](NC(=O)CCc2ccc(O)cc2)[C@@H]1O. The summed E-state index contributed by atoms with van der Waals surface area (Å²) in [5.41, 5.74) is 1.11. The fourth-order valence-corrected chi connectivity index (χ4v) is 3.87. The van der Waals surface area contributed by atoms with Crippen molar-refractivity contribution in [3.05, 3.63) is 59.7 Å². The number of benzene rings is 2. The Bertz CT molecular complexity index is 1050. The zero-order valence-corrected chi connectivity index (χ0v) is 19.6. The molecule has 3 amide bonds. The van der Waals surface area contributed by atoms with Gasteiger partial charge in [0, 0.05) is 24.9 Å². The summed E-state index contributed by atoms with van der Waals surface area (Å²) in [4.78, 5) is 37.0. The number of nitrogens with one attached hydrogen (secondary N) is 3. The molecule has 1 aliphatic rings. The third kappa shape index (κ3) is 7.67. The highest BCUT2D eigenvalue weighted by Crippen LogP contribution is 2.17. The zero-order chi connectivity index (χ0) is 26.1. The summed E-state index contributed by atoms with van der Waals surface area (Å²) in [6.07, 6.45) is -1.59. The second-order valence-electron chi connectivity index (χ2n) is 8.53. The Hall–Kier alpha value is -3.67. The van der Waals surface area contributed by atoms with E-state index in [4.69, 9.17) is 4.74 Å². The number of aromatic hydroxyl groups is 2. The van der Waals surface area contributed by atoms with E-state index in [1.54, 1.807) is 12.1 Å². The maximum Gasteiger partial charge on any atom is 0.251 e. The van der Waals surface area contributed by atoms with Crippen molar-refractivity contribution < 1.29 is 39.5 Å². The number of carbonyl (C=O) groups is 3. The fraction of sp³-hybridized carbons (Fsp3) is 0.400. The van der Waals surface area contributed by atoms with Gasteiger partial charge in [0.1, 0.15) is 17.6 Å². The van der Waals surface area contributed by atoms with E-state index in [-0.39, 0.29) is 49.0 Å². The van der Waals surface area contributed by atoms with Gasteiger partial charge in [-0.2, -0.15) is 0 Å². The van der Waals surface area contributed by atoms with E-state index < -0.39 is 42.7 Å². The molecule has 2 aromatic carbocycles. The molecule has 36 heavy (non-hydrogen) atoms. The molecule has 194 valence electrons. The monoisotopic (exact) mass is 501 g/mol. The number of amides is 3. The minimum Gasteiger partial charge on any atom is -0.508 e. The third-order valence-corrected chi connectivity index (χ3v) is 5.85. The summed E-state index contributed by atoms with van der Waals surface area (Å²) in [5.74, 6) is -1.17. The molecule has 0 aromatic heterocycles. The average Bonchev–Trinajstić information content (AvgIpc) is 2.86. The molecule has 11 heteroatoms. The number of aliphatic hydroxyl groups excluding tert-OH is 2. The molecule has 2 unspecified atom stereocenters. The first kappa shape index (κ1) is 26.9. The molecular formula is C25H31N3O8. The Kier molecular flexibility index (Phi) is 9.62. The van der Waals surface area contributed by atoms with E-state index in [0.29, 0.717) is 6.42 Å². The molecule has 3 rings (SSSR count). The first-order valence-electron chi connectivity index (χ1n) is 11.6. The van der Waals surface area contributed by atoms with Crippen molar-refractivity contribution >= 4 is 17.7 Å². The Morgan fingerprint density at radius 3 is 2.36 bits per heavy atom. The van der Waals surface area contributed by atoms with Crippen LogP contribution in [0.15, 0.2) is 48.5 Å². The maximum atomic E-state index is 12.5. The van der Waals surface area contributed by atoms with Gasteiger partial charge in [-0.05, 0) is 42.3 Å². The van der Waals surface area contributed by atoms with Crippen LogP contribution >= 0.6 is 0 Å². The van der Waals surface area contributed by atoms with Gasteiger partial charge in [0.05, 0.1) is 31.4 Å². The lowest BCUT2D eigenvalue weighted by Crippen LogP contribution is -2.65. The summed E-state index contributed by atoms with van der Waals surface area (Å²) >= 11 is 0. The molecule has 0 aliphatic carbocycles. The highest BCUT2D eigenvalue weighted by Gasteiger charge is 2.40. The van der Waals surface area contributed by atoms with E-state index in [0.717, 1.165) is 5.56 Å². The summed E-state index contributed by atoms with van der Waals surface area (Å²) in [6.45, 7) is -0.462. The van der Waals surface area contributed by atoms with Gasteiger partial charge < -0.3 is 41.1 Å². The van der Waals surface area contributed by atoms with Gasteiger partial charge in [-0.3, -0.25) is 14.4 Å². The Balaban J connectivity index is 1.47. The van der Waals surface area contributed by atoms with Crippen LogP contribution < -0.4 is 16.0 Å². The molecule has 0 saturated carbocycles. The topological polar surface area (TPSA) is 177 Å². The highest BCUT2D eigenvalue weighted by molar-refractivity contribution is 5.94. The number of ether oxygens (including phenoxy) is 1. The van der Waals surface area contributed by atoms with Crippen LogP contribution in [0.2, 0.25) is 0 Å². The van der Waals surface area contributed by atoms with Crippen molar-refractivity contribution in [3.63, 3.8) is 0 Å². The summed E-state index contributed by atoms with van der Waals surface area (Å²) < 4.78 is 5.55. The Morgan fingerprint density at radius 1 is 0.944 bits per heavy atom. The van der Waals surface area contributed by atoms with Crippen molar-refractivity contribution in [2.24, 2.45) is 0 Å². The Morgan fingerprint density at radius 2 is 1.67 bits per heavy atom. The molecule has 4 atom stereocenters. The molecule has 0 bridgehead atoms. The second kappa shape index (κ2) is 12.9. The van der Waals surface area contributed by atoms with E-state index in [1.165, 1.54) is 36.4 Å². The van der Waals surface area contributed by atoms with Crippen molar-refractivity contribution in [2.75, 3.05) is 19.8 Å². The predicted octanol–water partition coefficient (Wildman–Crippen LogP) is -0.428. The molecule has 7 N–H and O–H groups in total. The number of hydrogen-bond acceptors (Lipinski definition) is 8. The lowest BCUT2D eigenvalue weighted by Gasteiger charge is -2.40. The van der Waals surface area contributed by atoms with Crippen molar-refractivity contribution in [1.29, 1.82) is 0 Å². The quantitative estimate of drug-likeness (QED) is 0.229. The fourth-order valence-electron chi connectivity index (χ4n) is 3.87. The van der Waals surface area contributed by atoms with E-state index in [9.17, 15) is 34.8 Å². The molecule has 1 fully saturated rings. The second-order valence-corrected chi connectivity index (χ2v) is 8.53. The first-order chi connectivity index (χ1) is 17.3. The van der Waals surface area contributed by atoms with Crippen molar-refractivity contribution in [3.8, 4) is 11.5 Å². The summed E-state index contributed by atoms with van der Waals surface area (Å²) in [6, 6.07) is 10.5. The van der Waals surface area contributed by atoms with Crippen molar-refractivity contribution in [1.82, 2.24) is 16.0 Å². The first-order valence-corrected chi connectivity index (χ1v) is 11.6. The molecule has 2 aromatic rings. The number of carbonyl (C=O) groups excluding carboxylic acids is 3. The van der Waals surface area contributed by atoms with Gasteiger partial charge in [-0.25, -0.2) is 0 Å². The lowest BCUT2D eigenvalue weighted by atomic mass is 9.95. The number of aryl methyl sites for hydroxylation is 1. The average molecular weight is 502 g/mol. The minimum atomic E-state index is -1.21. The van der Waals surface area contributed by atoms with Crippen molar-refractivity contribution in [2.45, 2.75) is 43.6 Å². The van der Waals surface area contributed by atoms with Gasteiger partial charge in [0.15, 0.2) is 0 Å². The molecule has 0 spiro atoms. The number of phenols is 2. The van der Waals surface area contributed by atoms with Gasteiger partial charge >= 0.3 is 0 Å². The smallest absolute Gasteiger partial charge is 0.251 e. The maximum absolute atomic E-state index is 12.5. The van der Waals surface area contributed by atoms with Crippen LogP contribution in [0.3, 0.4) is 0 Å². The highest BCUT2D eigenvalue weighted by atomic mass is 16.5. The summed E-state index contributed by atoms with van der Waals surface area (Å²) in [7, 11) is 0. The van der Waals surface area contributed by atoms with Crippen LogP contribution in [-0.4, -0.2) is 82.2 Å². The largest absolute Gasteiger partial charge is 0.508 e. The van der Waals surface area contributed by atoms with Gasteiger partial charge in [-0.1, -0.05) is 18.2 Å². The molecule has 0 radical (unpaired) electrons. The lowest BCUT2D eigenvalue weighted by molar-refractivity contribution is -0.138. The third-order valence-electron chi connectivity index (χ3n) is 5.85. The number of hydrogen-bond donors (Lipinski definition) is 7. The minimum absolute atomic E-state index is 0.0285. The number of rotatable bonds is 10. The van der Waals surface area contributed by atoms with Crippen LogP contribution in [0.1, 0.15) is 28.8 Å². The molecule has 11 nitrogen and oxygen atoms in total. The normalized spacial score (nSPS) is 21.4. The van der Waals surface area contributed by atoms with Crippen LogP contribution in [-0.2, 0) is 20.7 Å². The van der Waals surface area contributed by atoms with Crippen LogP contribution in [0.4, 0.5) is 0 Å². The van der Waals surface area contributed by atoms with Crippen LogP contribution in [0.25, 0.3) is 0 Å². The van der Waals surface area contributed by atoms with Crippen LogP contribution in [0, 0.1) is 0 Å². The van der Waals surface area contributed by atoms with Gasteiger partial charge in [0.2, 0.25) is 11.8 Å². The van der Waals surface area contributed by atoms with E-state index in [1.807, 2.05) is 0 Å². The predicted molar refractivity (Wildman–Crippen MR) is 128 cm³/mol. The van der Waals surface area contributed by atoms with E-state index in [2.05, 4.69) is 16.0 Å². The molecule has 1 heterocycles. The van der Waals surface area contributed by atoms with Gasteiger partial charge in [-0.15, -0.1) is 0 Å². The Labute approximate surface area is 208 Å². The number of phenolic OH excluding ortho intramolecular Hbond substituents is 2. The molecule has 1 saturated heterocycles. The van der Waals surface area contributed by atoms with E-state index >= 15 is 0 Å². The standard InChI is InChI=1S/C25H31N3O8/c29-13-20-23(28-21(32)9-6-15-4-7-17(30)8-5-15)24(34)19(14-36-20)27-22(33)10-11-26-25(35)16-2-1-3-18(31)12-16/h1-5,7-8,12,19-20,23-24,29-31,34H,6,9-11,13-14H2,(H,26,35)(H,27,33)(H,28,32)/t19?,20?,23-,24+/m0/s1. The zero-order valence-electron chi connectivity index (χ0n) is 19.6. The number of aliphatic hydroxyl groups is 2. The molecule has 1 aliphatic heterocycles. The van der Waals surface area contributed by atoms with Crippen LogP contribution in [0.5, 0.6) is 11.5 Å². The molecular weight excluding hydrogens is 470 g/mol.